The van der Waals surface area contributed by atoms with Crippen LogP contribution in [0.4, 0.5) is 0 Å². The van der Waals surface area contributed by atoms with E-state index in [-0.39, 0.29) is 25.4 Å². The molecule has 0 bridgehead atoms. The van der Waals surface area contributed by atoms with E-state index < -0.39 is 5.60 Å². The summed E-state index contributed by atoms with van der Waals surface area (Å²) in [5.41, 5.74) is 4.50. The Morgan fingerprint density at radius 3 is 2.84 bits per heavy atom. The first-order valence-corrected chi connectivity index (χ1v) is 12.7. The lowest BCUT2D eigenvalue weighted by atomic mass is 9.91. The number of rotatable bonds is 8. The summed E-state index contributed by atoms with van der Waals surface area (Å²) >= 11 is 6.11. The molecule has 2 aliphatic rings. The number of fused-ring (bicyclic) bond motifs is 2. The van der Waals surface area contributed by atoms with Crippen LogP contribution >= 0.6 is 11.6 Å². The molecular formula is C26H24ClN7O3. The van der Waals surface area contributed by atoms with Gasteiger partial charge in [-0.05, 0) is 48.9 Å². The Morgan fingerprint density at radius 1 is 1.19 bits per heavy atom. The van der Waals surface area contributed by atoms with Crippen molar-refractivity contribution < 1.29 is 14.6 Å². The summed E-state index contributed by atoms with van der Waals surface area (Å²) in [6.07, 6.45) is 12.3. The van der Waals surface area contributed by atoms with Crippen molar-refractivity contribution in [1.29, 1.82) is 0 Å². The van der Waals surface area contributed by atoms with Crippen molar-refractivity contribution in [1.82, 2.24) is 33.8 Å². The van der Waals surface area contributed by atoms with Crippen molar-refractivity contribution in [3.63, 3.8) is 0 Å². The highest BCUT2D eigenvalue weighted by Gasteiger charge is 2.41. The van der Waals surface area contributed by atoms with Gasteiger partial charge in [0.25, 0.3) is 0 Å². The van der Waals surface area contributed by atoms with Gasteiger partial charge in [-0.25, -0.2) is 14.6 Å². The molecule has 11 heteroatoms. The predicted octanol–water partition coefficient (Wildman–Crippen LogP) is 3.19. The maximum absolute atomic E-state index is 12.8. The van der Waals surface area contributed by atoms with E-state index in [1.54, 1.807) is 23.3 Å². The molecule has 10 nitrogen and oxygen atoms in total. The van der Waals surface area contributed by atoms with Gasteiger partial charge in [-0.3, -0.25) is 4.79 Å². The minimum atomic E-state index is -1.01. The number of ether oxygens (including phenoxy) is 1. The van der Waals surface area contributed by atoms with Crippen LogP contribution in [0.1, 0.15) is 58.2 Å². The molecule has 5 aromatic rings. The number of aromatic nitrogens is 7. The fourth-order valence-electron chi connectivity index (χ4n) is 4.92. The molecular weight excluding hydrogens is 494 g/mol. The van der Waals surface area contributed by atoms with Crippen LogP contribution < -0.4 is 0 Å². The van der Waals surface area contributed by atoms with Crippen LogP contribution in [-0.4, -0.2) is 57.9 Å². The Bertz CT molecular complexity index is 1660. The molecule has 0 atom stereocenters. The van der Waals surface area contributed by atoms with Gasteiger partial charge in [0.2, 0.25) is 0 Å². The third-order valence-corrected chi connectivity index (χ3v) is 7.41. The van der Waals surface area contributed by atoms with Gasteiger partial charge in [-0.15, -0.1) is 5.10 Å². The van der Waals surface area contributed by atoms with E-state index in [1.807, 2.05) is 27.3 Å². The lowest BCUT2D eigenvalue weighted by molar-refractivity contribution is -0.184. The van der Waals surface area contributed by atoms with Crippen LogP contribution in [0.3, 0.4) is 0 Å². The lowest BCUT2D eigenvalue weighted by Gasteiger charge is -2.37. The SMILES string of the molecule is O=C(CCc1ncn2ccc(Cl)cc12)c1cn(Cc2cn3cc(C4CC4)cc(C4(O)COC4)c3n2)nn1. The second-order valence-electron chi connectivity index (χ2n) is 10.0. The van der Waals surface area contributed by atoms with Gasteiger partial charge in [0.15, 0.2) is 5.78 Å². The summed E-state index contributed by atoms with van der Waals surface area (Å²) < 4.78 is 10.8. The first-order chi connectivity index (χ1) is 17.9. The fourth-order valence-corrected chi connectivity index (χ4v) is 5.08. The summed E-state index contributed by atoms with van der Waals surface area (Å²) in [5, 5.41) is 19.9. The van der Waals surface area contributed by atoms with E-state index in [1.165, 1.54) is 18.4 Å². The third-order valence-electron chi connectivity index (χ3n) is 7.17. The van der Waals surface area contributed by atoms with Crippen LogP contribution in [-0.2, 0) is 23.3 Å². The highest BCUT2D eigenvalue weighted by atomic mass is 35.5. The molecule has 37 heavy (non-hydrogen) atoms. The molecule has 0 aromatic carbocycles. The molecule has 1 N–H and O–H groups in total. The van der Waals surface area contributed by atoms with Gasteiger partial charge in [0.05, 0.1) is 49.2 Å². The van der Waals surface area contributed by atoms with Gasteiger partial charge >= 0.3 is 0 Å². The molecule has 1 aliphatic heterocycles. The number of carbonyl (C=O) groups is 1. The number of carbonyl (C=O) groups excluding carboxylic acids is 1. The van der Waals surface area contributed by atoms with Crippen LogP contribution in [0.5, 0.6) is 0 Å². The summed E-state index contributed by atoms with van der Waals surface area (Å²) in [4.78, 5) is 22.0. The normalized spacial score (nSPS) is 16.9. The van der Waals surface area contributed by atoms with Crippen molar-refractivity contribution in [3.05, 3.63) is 82.5 Å². The second-order valence-corrected chi connectivity index (χ2v) is 10.4. The predicted molar refractivity (Wildman–Crippen MR) is 134 cm³/mol. The van der Waals surface area contributed by atoms with Gasteiger partial charge in [-0.2, -0.15) is 0 Å². The number of Topliss-reactive ketones (excluding diaryl/α,β-unsaturated/α-hetero) is 1. The molecule has 5 aromatic heterocycles. The summed E-state index contributed by atoms with van der Waals surface area (Å²) in [6, 6.07) is 5.72. The number of pyridine rings is 2. The van der Waals surface area contributed by atoms with E-state index >= 15 is 0 Å². The highest BCUT2D eigenvalue weighted by Crippen LogP contribution is 2.42. The van der Waals surface area contributed by atoms with Crippen molar-refractivity contribution in [2.45, 2.75) is 43.7 Å². The van der Waals surface area contributed by atoms with Gasteiger partial charge < -0.3 is 18.6 Å². The topological polar surface area (TPSA) is 112 Å². The average Bonchev–Trinajstić information content (AvgIpc) is 3.28. The second kappa shape index (κ2) is 8.47. The van der Waals surface area contributed by atoms with Gasteiger partial charge in [0.1, 0.15) is 16.9 Å². The zero-order valence-corrected chi connectivity index (χ0v) is 20.7. The van der Waals surface area contributed by atoms with E-state index in [9.17, 15) is 9.90 Å². The molecule has 2 fully saturated rings. The van der Waals surface area contributed by atoms with Crippen molar-refractivity contribution in [2.24, 2.45) is 0 Å². The molecule has 1 saturated heterocycles. The van der Waals surface area contributed by atoms with E-state index in [2.05, 4.69) is 27.6 Å². The Kier molecular flexibility index (Phi) is 5.17. The number of imidazole rings is 2. The number of aliphatic hydroxyl groups is 1. The van der Waals surface area contributed by atoms with E-state index in [0.29, 0.717) is 35.2 Å². The standard InChI is InChI=1S/C26H24ClN7O3/c27-18-5-6-32-15-28-21(23(32)8-18)3-4-24(35)22-12-34(31-30-22)11-19-10-33-9-17(16-1-2-16)7-20(25(33)29-19)26(36)13-37-14-26/h5-10,12,15-16,36H,1-4,11,13-14H2. The van der Waals surface area contributed by atoms with Crippen LogP contribution in [0.15, 0.2) is 49.3 Å². The highest BCUT2D eigenvalue weighted by molar-refractivity contribution is 6.30. The van der Waals surface area contributed by atoms with E-state index in [4.69, 9.17) is 21.3 Å². The number of ketones is 1. The van der Waals surface area contributed by atoms with Crippen LogP contribution in [0.2, 0.25) is 5.02 Å². The molecule has 0 amide bonds. The summed E-state index contributed by atoms with van der Waals surface area (Å²) in [7, 11) is 0. The smallest absolute Gasteiger partial charge is 0.185 e. The lowest BCUT2D eigenvalue weighted by Crippen LogP contribution is -2.46. The monoisotopic (exact) mass is 517 g/mol. The summed E-state index contributed by atoms with van der Waals surface area (Å²) in [6.45, 7) is 0.907. The maximum atomic E-state index is 12.8. The van der Waals surface area contributed by atoms with Crippen molar-refractivity contribution in [3.8, 4) is 0 Å². The molecule has 188 valence electrons. The van der Waals surface area contributed by atoms with E-state index in [0.717, 1.165) is 22.5 Å². The number of hydrogen-bond donors (Lipinski definition) is 1. The quantitative estimate of drug-likeness (QED) is 0.314. The third kappa shape index (κ3) is 4.11. The minimum Gasteiger partial charge on any atom is -0.380 e. The number of hydrogen-bond acceptors (Lipinski definition) is 7. The Hall–Kier alpha value is -3.60. The first-order valence-electron chi connectivity index (χ1n) is 12.3. The molecule has 1 aliphatic carbocycles. The fraction of sp³-hybridized carbons (Fsp3) is 0.346. The number of nitrogens with zero attached hydrogens (tertiary/aromatic N) is 7. The number of halogens is 1. The molecule has 1 saturated carbocycles. The zero-order valence-electron chi connectivity index (χ0n) is 19.9. The largest absolute Gasteiger partial charge is 0.380 e. The number of aryl methyl sites for hydroxylation is 1. The Labute approximate surface area is 216 Å². The molecule has 0 unspecified atom stereocenters. The molecule has 0 radical (unpaired) electrons. The zero-order chi connectivity index (χ0) is 25.1. The van der Waals surface area contributed by atoms with Crippen LogP contribution in [0, 0.1) is 0 Å². The Morgan fingerprint density at radius 2 is 2.05 bits per heavy atom. The molecule has 6 heterocycles. The van der Waals surface area contributed by atoms with Gasteiger partial charge in [-0.1, -0.05) is 16.8 Å². The molecule has 0 spiro atoms. The Balaban J connectivity index is 1.09. The van der Waals surface area contributed by atoms with Crippen molar-refractivity contribution >= 4 is 28.5 Å². The van der Waals surface area contributed by atoms with Crippen molar-refractivity contribution in [2.75, 3.05) is 13.2 Å². The first kappa shape index (κ1) is 22.6. The maximum Gasteiger partial charge on any atom is 0.185 e. The van der Waals surface area contributed by atoms with Crippen LogP contribution in [0.25, 0.3) is 11.2 Å². The van der Waals surface area contributed by atoms with Gasteiger partial charge in [0, 0.05) is 35.6 Å². The summed E-state index contributed by atoms with van der Waals surface area (Å²) in [5.74, 6) is 0.438. The average molecular weight is 518 g/mol. The molecule has 7 rings (SSSR count). The minimum absolute atomic E-state index is 0.104.